The van der Waals surface area contributed by atoms with Gasteiger partial charge in [-0.15, -0.1) is 0 Å². The maximum atomic E-state index is 12.2. The molecular weight excluding hydrogens is 409 g/mol. The van der Waals surface area contributed by atoms with Gasteiger partial charge in [0.2, 0.25) is 0 Å². The van der Waals surface area contributed by atoms with Gasteiger partial charge in [-0.2, -0.15) is 39.5 Å². The number of hydrogen-bond donors (Lipinski definition) is 0. The lowest BCUT2D eigenvalue weighted by Gasteiger charge is -2.34. The molecule has 0 fully saturated rings. The van der Waals surface area contributed by atoms with Gasteiger partial charge in [-0.05, 0) is 27.7 Å². The van der Waals surface area contributed by atoms with Crippen molar-refractivity contribution in [2.75, 3.05) is 26.2 Å². The summed E-state index contributed by atoms with van der Waals surface area (Å²) >= 11 is 0. The van der Waals surface area contributed by atoms with Crippen molar-refractivity contribution in [2.24, 2.45) is 0 Å². The Morgan fingerprint density at radius 2 is 0.962 bits per heavy atom. The van der Waals surface area contributed by atoms with Crippen molar-refractivity contribution in [3.63, 3.8) is 0 Å². The highest BCUT2D eigenvalue weighted by molar-refractivity contribution is 7.86. The molecule has 0 heterocycles. The third-order valence-corrected chi connectivity index (χ3v) is 5.00. The van der Waals surface area contributed by atoms with Gasteiger partial charge in [0, 0.05) is 0 Å². The summed E-state index contributed by atoms with van der Waals surface area (Å²) in [5.74, 6) is -14.8. The molecular formula is C12H20F9NO3S. The molecule has 4 nitrogen and oxygen atoms in total. The first-order chi connectivity index (χ1) is 11.2. The lowest BCUT2D eigenvalue weighted by molar-refractivity contribution is -0.921. The molecule has 0 amide bonds. The Bertz CT molecular complexity index is 525. The van der Waals surface area contributed by atoms with Gasteiger partial charge >= 0.3 is 23.3 Å². The summed E-state index contributed by atoms with van der Waals surface area (Å²) in [6.45, 7) is 14.2. The van der Waals surface area contributed by atoms with E-state index in [0.29, 0.717) is 0 Å². The summed E-state index contributed by atoms with van der Waals surface area (Å²) in [5.41, 5.74) is 0. The van der Waals surface area contributed by atoms with Crippen molar-refractivity contribution in [1.82, 2.24) is 0 Å². The predicted octanol–water partition coefficient (Wildman–Crippen LogP) is 3.84. The van der Waals surface area contributed by atoms with E-state index < -0.39 is 33.4 Å². The average molecular weight is 429 g/mol. The largest absolute Gasteiger partial charge is 0.743 e. The summed E-state index contributed by atoms with van der Waals surface area (Å²) in [5, 5.41) is -7.11. The standard InChI is InChI=1S/C8H20N.C4HF9O3S/c1-5-9(6-2,7-3)8-4;5-1(6,3(9,10)11)2(7,8)4(12,13)17(14,15)16/h5-8H2,1-4H3;(H,14,15,16)/q+1;/p-1. The van der Waals surface area contributed by atoms with E-state index in [1.807, 2.05) is 0 Å². The maximum absolute atomic E-state index is 12.2. The summed E-state index contributed by atoms with van der Waals surface area (Å²) in [7, 11) is -7.42. The Morgan fingerprint density at radius 1 is 0.692 bits per heavy atom. The van der Waals surface area contributed by atoms with Crippen molar-refractivity contribution in [1.29, 1.82) is 0 Å². The monoisotopic (exact) mass is 429 g/mol. The third-order valence-electron chi connectivity index (χ3n) is 4.11. The summed E-state index contributed by atoms with van der Waals surface area (Å²) < 4.78 is 137. The molecule has 0 aromatic carbocycles. The number of rotatable bonds is 7. The van der Waals surface area contributed by atoms with Crippen LogP contribution in [0, 0.1) is 0 Å². The quantitative estimate of drug-likeness (QED) is 0.351. The van der Waals surface area contributed by atoms with Crippen LogP contribution in [-0.2, 0) is 10.1 Å². The van der Waals surface area contributed by atoms with Crippen LogP contribution < -0.4 is 0 Å². The minimum Gasteiger partial charge on any atom is -0.743 e. The Kier molecular flexibility index (Phi) is 8.98. The highest BCUT2D eigenvalue weighted by Crippen LogP contribution is 2.54. The Balaban J connectivity index is 0. The minimum absolute atomic E-state index is 1.28. The van der Waals surface area contributed by atoms with Gasteiger partial charge in [-0.25, -0.2) is 8.42 Å². The molecule has 0 bridgehead atoms. The molecule has 0 saturated carbocycles. The Morgan fingerprint density at radius 3 is 1.08 bits per heavy atom. The predicted molar refractivity (Wildman–Crippen MR) is 73.0 cm³/mol. The Labute approximate surface area is 145 Å². The fourth-order valence-electron chi connectivity index (χ4n) is 1.86. The molecule has 0 atom stereocenters. The molecule has 0 aliphatic rings. The summed E-state index contributed by atoms with van der Waals surface area (Å²) in [6, 6.07) is 0. The first-order valence-corrected chi connectivity index (χ1v) is 8.66. The van der Waals surface area contributed by atoms with E-state index >= 15 is 0 Å². The second kappa shape index (κ2) is 8.50. The molecule has 0 aromatic rings. The number of alkyl halides is 9. The molecule has 0 unspecified atom stereocenters. The van der Waals surface area contributed by atoms with Crippen LogP contribution in [0.15, 0.2) is 0 Å². The fraction of sp³-hybridized carbons (Fsp3) is 1.00. The average Bonchev–Trinajstić information content (AvgIpc) is 2.48. The molecule has 160 valence electrons. The van der Waals surface area contributed by atoms with Crippen LogP contribution in [-0.4, -0.2) is 66.9 Å². The second-order valence-electron chi connectivity index (χ2n) is 5.22. The molecule has 0 rings (SSSR count). The zero-order valence-electron chi connectivity index (χ0n) is 14.3. The highest BCUT2D eigenvalue weighted by atomic mass is 32.2. The van der Waals surface area contributed by atoms with Crippen LogP contribution in [0.5, 0.6) is 0 Å². The van der Waals surface area contributed by atoms with Gasteiger partial charge in [0.25, 0.3) is 0 Å². The molecule has 0 N–H and O–H groups in total. The van der Waals surface area contributed by atoms with Crippen LogP contribution in [0.25, 0.3) is 0 Å². The first kappa shape index (κ1) is 27.5. The van der Waals surface area contributed by atoms with Crippen molar-refractivity contribution < 1.29 is 57.0 Å². The molecule has 0 radical (unpaired) electrons. The van der Waals surface area contributed by atoms with Crippen LogP contribution in [0.3, 0.4) is 0 Å². The van der Waals surface area contributed by atoms with E-state index in [4.69, 9.17) is 0 Å². The molecule has 26 heavy (non-hydrogen) atoms. The summed E-state index contributed by atoms with van der Waals surface area (Å²) in [6.07, 6.45) is -7.16. The third kappa shape index (κ3) is 5.15. The van der Waals surface area contributed by atoms with Crippen molar-refractivity contribution in [3.05, 3.63) is 0 Å². The van der Waals surface area contributed by atoms with Gasteiger partial charge < -0.3 is 9.04 Å². The van der Waals surface area contributed by atoms with Crippen molar-refractivity contribution in [3.8, 4) is 0 Å². The fourth-order valence-corrected chi connectivity index (χ4v) is 2.30. The normalized spacial score (nSPS) is 14.7. The minimum atomic E-state index is -7.43. The zero-order chi connectivity index (χ0) is 21.8. The molecule has 0 aromatic heterocycles. The van der Waals surface area contributed by atoms with Crippen LogP contribution in [0.1, 0.15) is 27.7 Å². The van der Waals surface area contributed by atoms with Crippen LogP contribution in [0.4, 0.5) is 39.5 Å². The summed E-state index contributed by atoms with van der Waals surface area (Å²) in [4.78, 5) is 0. The number of halogens is 9. The van der Waals surface area contributed by atoms with Crippen molar-refractivity contribution >= 4 is 10.1 Å². The molecule has 0 saturated heterocycles. The van der Waals surface area contributed by atoms with Crippen LogP contribution >= 0.6 is 0 Å². The lowest BCUT2D eigenvalue weighted by Crippen LogP contribution is -2.63. The maximum Gasteiger partial charge on any atom is 0.460 e. The second-order valence-corrected chi connectivity index (χ2v) is 6.64. The van der Waals surface area contributed by atoms with Gasteiger partial charge in [-0.1, -0.05) is 0 Å². The van der Waals surface area contributed by atoms with Crippen molar-refractivity contribution in [2.45, 2.75) is 51.0 Å². The highest BCUT2D eigenvalue weighted by Gasteiger charge is 2.83. The van der Waals surface area contributed by atoms with Gasteiger partial charge in [-0.3, -0.25) is 0 Å². The smallest absolute Gasteiger partial charge is 0.460 e. The lowest BCUT2D eigenvalue weighted by atomic mass is 10.1. The molecule has 0 spiro atoms. The van der Waals surface area contributed by atoms with Crippen LogP contribution in [0.2, 0.25) is 0 Å². The first-order valence-electron chi connectivity index (χ1n) is 7.25. The van der Waals surface area contributed by atoms with E-state index in [1.165, 1.54) is 30.7 Å². The van der Waals surface area contributed by atoms with Gasteiger partial charge in [0.05, 0.1) is 26.2 Å². The van der Waals surface area contributed by atoms with E-state index in [1.54, 1.807) is 0 Å². The topological polar surface area (TPSA) is 57.2 Å². The number of nitrogens with zero attached hydrogens (tertiary/aromatic N) is 1. The molecule has 0 aliphatic carbocycles. The number of hydrogen-bond acceptors (Lipinski definition) is 3. The SMILES string of the molecule is CC[N+](CC)(CC)CC.O=S(=O)([O-])C(F)(F)C(F)(F)C(F)(F)C(F)(F)F. The molecule has 14 heteroatoms. The number of quaternary nitrogens is 1. The van der Waals surface area contributed by atoms with E-state index in [9.17, 15) is 52.5 Å². The van der Waals surface area contributed by atoms with Gasteiger partial charge in [0.15, 0.2) is 10.1 Å². The zero-order valence-corrected chi connectivity index (χ0v) is 15.1. The molecule has 0 aliphatic heterocycles. The van der Waals surface area contributed by atoms with E-state index in [0.717, 1.165) is 0 Å². The van der Waals surface area contributed by atoms with E-state index in [2.05, 4.69) is 27.7 Å². The van der Waals surface area contributed by atoms with E-state index in [-0.39, 0.29) is 0 Å². The Hall–Kier alpha value is -0.760. The van der Waals surface area contributed by atoms with Gasteiger partial charge in [0.1, 0.15) is 0 Å².